The Morgan fingerprint density at radius 1 is 1.23 bits per heavy atom. The molecular weight excluding hydrogens is 440 g/mol. The van der Waals surface area contributed by atoms with E-state index in [4.69, 9.17) is 16.0 Å². The molecule has 4 aromatic rings. The number of carbonyl (C=O) groups excluding carboxylic acids is 1. The maximum Gasteiger partial charge on any atom is 0.233 e. The summed E-state index contributed by atoms with van der Waals surface area (Å²) in [4.78, 5) is 14.3. The minimum absolute atomic E-state index is 0.0341. The molecule has 0 bridgehead atoms. The lowest BCUT2D eigenvalue weighted by molar-refractivity contribution is -0.127. The molecule has 0 fully saturated rings. The van der Waals surface area contributed by atoms with Crippen molar-refractivity contribution < 1.29 is 9.21 Å². The number of thiophene rings is 1. The Kier molecular flexibility index (Phi) is 6.56. The summed E-state index contributed by atoms with van der Waals surface area (Å²) in [6.45, 7) is 1.07. The van der Waals surface area contributed by atoms with E-state index >= 15 is 0 Å². The fourth-order valence-corrected chi connectivity index (χ4v) is 4.55. The number of furan rings is 1. The van der Waals surface area contributed by atoms with Crippen molar-refractivity contribution in [3.8, 4) is 11.4 Å². The van der Waals surface area contributed by atoms with Crippen molar-refractivity contribution in [3.63, 3.8) is 0 Å². The summed E-state index contributed by atoms with van der Waals surface area (Å²) in [6.07, 6.45) is 1.64. The maximum atomic E-state index is 12.6. The van der Waals surface area contributed by atoms with Gasteiger partial charge in [-0.15, -0.1) is 10.2 Å². The number of benzene rings is 1. The first-order chi connectivity index (χ1) is 14.6. The molecule has 0 radical (unpaired) electrons. The van der Waals surface area contributed by atoms with Crippen molar-refractivity contribution >= 4 is 40.6 Å². The predicted octanol–water partition coefficient (Wildman–Crippen LogP) is 5.05. The molecule has 0 spiro atoms. The highest BCUT2D eigenvalue weighted by Crippen LogP contribution is 2.26. The topological polar surface area (TPSA) is 64.2 Å². The van der Waals surface area contributed by atoms with E-state index in [1.807, 2.05) is 59.5 Å². The van der Waals surface area contributed by atoms with Gasteiger partial charge in [0.1, 0.15) is 5.76 Å². The summed E-state index contributed by atoms with van der Waals surface area (Å²) < 4.78 is 7.47. The Bertz CT molecular complexity index is 1090. The van der Waals surface area contributed by atoms with Gasteiger partial charge in [-0.2, -0.15) is 11.3 Å². The van der Waals surface area contributed by atoms with Gasteiger partial charge in [0.15, 0.2) is 11.0 Å². The highest BCUT2D eigenvalue weighted by Gasteiger charge is 2.18. The molecule has 0 N–H and O–H groups in total. The van der Waals surface area contributed by atoms with Crippen LogP contribution >= 0.6 is 34.7 Å². The van der Waals surface area contributed by atoms with Crippen molar-refractivity contribution in [3.05, 3.63) is 75.8 Å². The van der Waals surface area contributed by atoms with E-state index in [9.17, 15) is 4.79 Å². The van der Waals surface area contributed by atoms with Gasteiger partial charge in [0.05, 0.1) is 18.6 Å². The van der Waals surface area contributed by atoms with Gasteiger partial charge in [0, 0.05) is 24.2 Å². The third-order valence-corrected chi connectivity index (χ3v) is 6.40. The summed E-state index contributed by atoms with van der Waals surface area (Å²) in [7, 11) is 1.81. The van der Waals surface area contributed by atoms with E-state index < -0.39 is 0 Å². The molecule has 3 aromatic heterocycles. The van der Waals surface area contributed by atoms with E-state index in [0.29, 0.717) is 29.1 Å². The van der Waals surface area contributed by atoms with Gasteiger partial charge in [-0.3, -0.25) is 9.36 Å². The van der Waals surface area contributed by atoms with Crippen molar-refractivity contribution in [2.24, 2.45) is 0 Å². The summed E-state index contributed by atoms with van der Waals surface area (Å²) in [5.41, 5.74) is 2.03. The van der Waals surface area contributed by atoms with Gasteiger partial charge >= 0.3 is 0 Å². The molecule has 1 aromatic carbocycles. The number of hydrogen-bond donors (Lipinski definition) is 0. The van der Waals surface area contributed by atoms with Crippen LogP contribution in [0.25, 0.3) is 11.4 Å². The molecule has 0 saturated carbocycles. The molecule has 3 heterocycles. The van der Waals surface area contributed by atoms with E-state index in [0.717, 1.165) is 16.9 Å². The Morgan fingerprint density at radius 2 is 2.07 bits per heavy atom. The second kappa shape index (κ2) is 9.51. The summed E-state index contributed by atoms with van der Waals surface area (Å²) in [5, 5.41) is 14.1. The van der Waals surface area contributed by atoms with Crippen LogP contribution in [0.1, 0.15) is 11.3 Å². The molecule has 30 heavy (non-hydrogen) atoms. The molecule has 0 aliphatic rings. The molecule has 1 amide bonds. The number of aromatic nitrogens is 3. The average molecular weight is 459 g/mol. The SMILES string of the molecule is CN(Cc1ccsc1)C(=O)CSc1nnc(-c2ccc(Cl)cc2)n1Cc1ccco1. The molecule has 0 atom stereocenters. The van der Waals surface area contributed by atoms with Crippen molar-refractivity contribution in [2.75, 3.05) is 12.8 Å². The monoisotopic (exact) mass is 458 g/mol. The summed E-state index contributed by atoms with van der Waals surface area (Å²) in [5.74, 6) is 1.79. The third-order valence-electron chi connectivity index (χ3n) is 4.46. The normalized spacial score (nSPS) is 11.0. The fourth-order valence-electron chi connectivity index (χ4n) is 2.89. The van der Waals surface area contributed by atoms with Crippen LogP contribution in [0.3, 0.4) is 0 Å². The molecule has 4 rings (SSSR count). The molecule has 0 saturated heterocycles. The van der Waals surface area contributed by atoms with Gasteiger partial charge in [-0.05, 0) is 58.8 Å². The van der Waals surface area contributed by atoms with Crippen molar-refractivity contribution in [1.29, 1.82) is 0 Å². The predicted molar refractivity (Wildman–Crippen MR) is 120 cm³/mol. The minimum atomic E-state index is 0.0341. The number of hydrogen-bond acceptors (Lipinski definition) is 6. The number of nitrogens with zero attached hydrogens (tertiary/aromatic N) is 4. The first-order valence-electron chi connectivity index (χ1n) is 9.19. The molecule has 0 unspecified atom stereocenters. The van der Waals surface area contributed by atoms with Crippen LogP contribution in [0.2, 0.25) is 5.02 Å². The summed E-state index contributed by atoms with van der Waals surface area (Å²) in [6, 6.07) is 13.2. The number of rotatable bonds is 8. The van der Waals surface area contributed by atoms with Gasteiger partial charge in [-0.1, -0.05) is 23.4 Å². The van der Waals surface area contributed by atoms with Gasteiger partial charge in [-0.25, -0.2) is 0 Å². The summed E-state index contributed by atoms with van der Waals surface area (Å²) >= 11 is 9.02. The fraction of sp³-hybridized carbons (Fsp3) is 0.190. The Morgan fingerprint density at radius 3 is 2.77 bits per heavy atom. The second-order valence-corrected chi connectivity index (χ2v) is 8.81. The smallest absolute Gasteiger partial charge is 0.233 e. The van der Waals surface area contributed by atoms with Crippen LogP contribution in [-0.2, 0) is 17.9 Å². The second-order valence-electron chi connectivity index (χ2n) is 6.65. The lowest BCUT2D eigenvalue weighted by Gasteiger charge is -2.16. The van der Waals surface area contributed by atoms with E-state index in [2.05, 4.69) is 15.6 Å². The maximum absolute atomic E-state index is 12.6. The number of thioether (sulfide) groups is 1. The first-order valence-corrected chi connectivity index (χ1v) is 11.5. The number of amides is 1. The van der Waals surface area contributed by atoms with E-state index in [-0.39, 0.29) is 11.7 Å². The highest BCUT2D eigenvalue weighted by atomic mass is 35.5. The van der Waals surface area contributed by atoms with E-state index in [1.165, 1.54) is 11.8 Å². The zero-order valence-corrected chi connectivity index (χ0v) is 18.6. The lowest BCUT2D eigenvalue weighted by Crippen LogP contribution is -2.27. The molecular formula is C21H19ClN4O2S2. The van der Waals surface area contributed by atoms with Crippen LogP contribution in [0.5, 0.6) is 0 Å². The van der Waals surface area contributed by atoms with Crippen LogP contribution in [0.15, 0.2) is 69.1 Å². The lowest BCUT2D eigenvalue weighted by atomic mass is 10.2. The highest BCUT2D eigenvalue weighted by molar-refractivity contribution is 7.99. The van der Waals surface area contributed by atoms with Crippen LogP contribution in [0, 0.1) is 0 Å². The van der Waals surface area contributed by atoms with Crippen LogP contribution < -0.4 is 0 Å². The third kappa shape index (κ3) is 4.95. The Hall–Kier alpha value is -2.55. The number of carbonyl (C=O) groups is 1. The molecule has 0 aliphatic heterocycles. The first kappa shape index (κ1) is 20.7. The standard InChI is InChI=1S/C21H19ClN4O2S2/c1-25(11-15-8-10-29-13-15)19(27)14-30-21-24-23-20(16-4-6-17(22)7-5-16)26(21)12-18-3-2-9-28-18/h2-10,13H,11-12,14H2,1H3. The molecule has 0 aliphatic carbocycles. The Balaban J connectivity index is 1.52. The van der Waals surface area contributed by atoms with Gasteiger partial charge < -0.3 is 9.32 Å². The zero-order chi connectivity index (χ0) is 20.9. The van der Waals surface area contributed by atoms with Gasteiger partial charge in [0.25, 0.3) is 0 Å². The minimum Gasteiger partial charge on any atom is -0.467 e. The van der Waals surface area contributed by atoms with Gasteiger partial charge in [0.2, 0.25) is 5.91 Å². The zero-order valence-electron chi connectivity index (χ0n) is 16.2. The largest absolute Gasteiger partial charge is 0.467 e. The average Bonchev–Trinajstić information content (AvgIpc) is 3.50. The van der Waals surface area contributed by atoms with Crippen molar-refractivity contribution in [2.45, 2.75) is 18.2 Å². The van der Waals surface area contributed by atoms with E-state index in [1.54, 1.807) is 22.5 Å². The quantitative estimate of drug-likeness (QED) is 0.345. The van der Waals surface area contributed by atoms with Crippen LogP contribution in [-0.4, -0.2) is 38.4 Å². The number of halogens is 1. The molecule has 154 valence electrons. The molecule has 9 heteroatoms. The van der Waals surface area contributed by atoms with Crippen molar-refractivity contribution in [1.82, 2.24) is 19.7 Å². The Labute approximate surface area is 187 Å². The molecule has 6 nitrogen and oxygen atoms in total. The van der Waals surface area contributed by atoms with Crippen LogP contribution in [0.4, 0.5) is 0 Å².